The molecule has 4 nitrogen and oxygen atoms in total. The summed E-state index contributed by atoms with van der Waals surface area (Å²) >= 11 is 5.01. The highest BCUT2D eigenvalue weighted by atomic mass is 32.1. The largest absolute Gasteiger partial charge is 0.236 e. The van der Waals surface area contributed by atoms with E-state index in [1.54, 1.807) is 6.20 Å². The van der Waals surface area contributed by atoms with Gasteiger partial charge in [-0.25, -0.2) is 4.99 Å². The highest BCUT2D eigenvalue weighted by Gasteiger charge is 2.04. The van der Waals surface area contributed by atoms with Crippen molar-refractivity contribution < 1.29 is 0 Å². The van der Waals surface area contributed by atoms with Crippen molar-refractivity contribution in [2.75, 3.05) is 0 Å². The van der Waals surface area contributed by atoms with Gasteiger partial charge in [-0.2, -0.15) is 0 Å². The average Bonchev–Trinajstić information content (AvgIpc) is 2.59. The van der Waals surface area contributed by atoms with Gasteiger partial charge in [-0.3, -0.25) is 0 Å². The van der Waals surface area contributed by atoms with E-state index in [1.807, 2.05) is 18.2 Å². The van der Waals surface area contributed by atoms with Crippen LogP contribution < -0.4 is 10.6 Å². The SMILES string of the molecule is S=C1C=c2ccc3nnncc3c2=N1. The van der Waals surface area contributed by atoms with Crippen LogP contribution in [0.1, 0.15) is 0 Å². The van der Waals surface area contributed by atoms with E-state index >= 15 is 0 Å². The van der Waals surface area contributed by atoms with Crippen molar-refractivity contribution in [3.05, 3.63) is 28.9 Å². The van der Waals surface area contributed by atoms with E-state index < -0.39 is 0 Å². The van der Waals surface area contributed by atoms with Crippen molar-refractivity contribution in [3.63, 3.8) is 0 Å². The first-order valence-electron chi connectivity index (χ1n) is 4.06. The van der Waals surface area contributed by atoms with Crippen LogP contribution in [0.4, 0.5) is 0 Å². The Balaban J connectivity index is 2.65. The molecule has 0 fully saturated rings. The Hall–Kier alpha value is -1.75. The molecule has 3 rings (SSSR count). The Kier molecular flexibility index (Phi) is 1.43. The van der Waals surface area contributed by atoms with Crippen LogP contribution in [0, 0.1) is 0 Å². The molecule has 0 amide bonds. The number of hydrogen-bond acceptors (Lipinski definition) is 4. The molecule has 0 bridgehead atoms. The minimum absolute atomic E-state index is 0.601. The van der Waals surface area contributed by atoms with Crippen LogP contribution in [0.25, 0.3) is 17.0 Å². The smallest absolute Gasteiger partial charge is 0.127 e. The maximum Gasteiger partial charge on any atom is 0.127 e. The lowest BCUT2D eigenvalue weighted by Crippen LogP contribution is -2.22. The second kappa shape index (κ2) is 2.62. The van der Waals surface area contributed by atoms with Gasteiger partial charge in [0, 0.05) is 10.6 Å². The molecular formula is C9H4N4S. The summed E-state index contributed by atoms with van der Waals surface area (Å²) in [6.45, 7) is 0. The maximum absolute atomic E-state index is 5.01. The van der Waals surface area contributed by atoms with Gasteiger partial charge in [0.05, 0.1) is 17.1 Å². The summed E-state index contributed by atoms with van der Waals surface area (Å²) in [4.78, 5) is 4.85. The Labute approximate surface area is 84.0 Å². The number of aromatic nitrogens is 3. The monoisotopic (exact) mass is 200 g/mol. The Morgan fingerprint density at radius 2 is 2.14 bits per heavy atom. The predicted molar refractivity (Wildman–Crippen MR) is 55.2 cm³/mol. The molecule has 0 N–H and O–H groups in total. The number of benzene rings is 1. The minimum atomic E-state index is 0.601. The number of rotatable bonds is 0. The summed E-state index contributed by atoms with van der Waals surface area (Å²) in [6.07, 6.45) is 3.52. The van der Waals surface area contributed by atoms with E-state index in [9.17, 15) is 0 Å². The average molecular weight is 200 g/mol. The quantitative estimate of drug-likeness (QED) is 0.551. The zero-order valence-corrected chi connectivity index (χ0v) is 7.82. The summed E-state index contributed by atoms with van der Waals surface area (Å²) < 4.78 is 0. The van der Waals surface area contributed by atoms with E-state index in [0.717, 1.165) is 21.5 Å². The summed E-state index contributed by atoms with van der Waals surface area (Å²) in [5.74, 6) is 0. The third-order valence-corrected chi connectivity index (χ3v) is 2.33. The summed E-state index contributed by atoms with van der Waals surface area (Å²) in [5.41, 5.74) is 0.792. The molecule has 0 saturated carbocycles. The number of hydrogen-bond donors (Lipinski definition) is 0. The molecule has 1 aliphatic heterocycles. The molecule has 0 spiro atoms. The first kappa shape index (κ1) is 7.64. The molecule has 1 aliphatic rings. The van der Waals surface area contributed by atoms with Crippen molar-refractivity contribution in [3.8, 4) is 0 Å². The lowest BCUT2D eigenvalue weighted by atomic mass is 10.2. The van der Waals surface area contributed by atoms with Crippen molar-refractivity contribution >= 4 is 34.2 Å². The van der Waals surface area contributed by atoms with Crippen LogP contribution in [0.5, 0.6) is 0 Å². The summed E-state index contributed by atoms with van der Waals surface area (Å²) in [7, 11) is 0. The molecule has 0 aliphatic carbocycles. The minimum Gasteiger partial charge on any atom is -0.236 e. The molecule has 14 heavy (non-hydrogen) atoms. The van der Waals surface area contributed by atoms with Gasteiger partial charge in [-0.05, 0) is 17.4 Å². The molecular weight excluding hydrogens is 196 g/mol. The van der Waals surface area contributed by atoms with Crippen molar-refractivity contribution in [2.45, 2.75) is 0 Å². The Morgan fingerprint density at radius 1 is 1.21 bits per heavy atom. The fourth-order valence-corrected chi connectivity index (χ4v) is 1.72. The Bertz CT molecular complexity index is 662. The van der Waals surface area contributed by atoms with Crippen LogP contribution in [0.15, 0.2) is 23.3 Å². The molecule has 0 atom stereocenters. The Morgan fingerprint density at radius 3 is 3.07 bits per heavy atom. The highest BCUT2D eigenvalue weighted by Crippen LogP contribution is 2.01. The lowest BCUT2D eigenvalue weighted by Gasteiger charge is -1.92. The number of nitrogens with zero attached hydrogens (tertiary/aromatic N) is 4. The molecule has 66 valence electrons. The summed E-state index contributed by atoms with van der Waals surface area (Å²) in [6, 6.07) is 3.83. The molecule has 0 unspecified atom stereocenters. The van der Waals surface area contributed by atoms with Crippen LogP contribution >= 0.6 is 12.2 Å². The molecule has 1 aromatic carbocycles. The zero-order chi connectivity index (χ0) is 9.54. The van der Waals surface area contributed by atoms with Gasteiger partial charge in [0.15, 0.2) is 0 Å². The molecule has 1 aromatic heterocycles. The van der Waals surface area contributed by atoms with Gasteiger partial charge in [0.2, 0.25) is 0 Å². The molecule has 2 heterocycles. The van der Waals surface area contributed by atoms with Gasteiger partial charge in [-0.1, -0.05) is 18.3 Å². The van der Waals surface area contributed by atoms with Crippen molar-refractivity contribution in [2.24, 2.45) is 4.99 Å². The van der Waals surface area contributed by atoms with Gasteiger partial charge in [0.25, 0.3) is 0 Å². The molecule has 2 aromatic rings. The van der Waals surface area contributed by atoms with Crippen LogP contribution in [-0.2, 0) is 0 Å². The first-order chi connectivity index (χ1) is 6.84. The predicted octanol–water partition coefficient (Wildman–Crippen LogP) is -0.234. The maximum atomic E-state index is 5.01. The van der Waals surface area contributed by atoms with E-state index in [1.165, 1.54) is 0 Å². The van der Waals surface area contributed by atoms with Crippen LogP contribution in [0.3, 0.4) is 0 Å². The van der Waals surface area contributed by atoms with Gasteiger partial charge in [0.1, 0.15) is 4.99 Å². The van der Waals surface area contributed by atoms with Crippen LogP contribution in [-0.4, -0.2) is 20.4 Å². The van der Waals surface area contributed by atoms with Gasteiger partial charge >= 0.3 is 0 Å². The second-order valence-electron chi connectivity index (χ2n) is 2.96. The van der Waals surface area contributed by atoms with E-state index in [2.05, 4.69) is 20.4 Å². The number of thiocarbonyl (C=S) groups is 1. The van der Waals surface area contributed by atoms with Gasteiger partial charge in [-0.15, -0.1) is 10.2 Å². The molecule has 5 heteroatoms. The third-order valence-electron chi connectivity index (χ3n) is 2.12. The highest BCUT2D eigenvalue weighted by molar-refractivity contribution is 7.81. The topological polar surface area (TPSA) is 51.0 Å². The number of fused-ring (bicyclic) bond motifs is 3. The van der Waals surface area contributed by atoms with Crippen molar-refractivity contribution in [1.29, 1.82) is 0 Å². The lowest BCUT2D eigenvalue weighted by molar-refractivity contribution is 0.894. The second-order valence-corrected chi connectivity index (χ2v) is 3.38. The van der Waals surface area contributed by atoms with Crippen LogP contribution in [0.2, 0.25) is 0 Å². The van der Waals surface area contributed by atoms with E-state index in [-0.39, 0.29) is 0 Å². The molecule has 0 saturated heterocycles. The van der Waals surface area contributed by atoms with Gasteiger partial charge < -0.3 is 0 Å². The molecule has 0 radical (unpaired) electrons. The standard InChI is InChI=1S/C9H4N4S/c14-8-3-5-1-2-7-6(9(5)11-8)4-10-13-12-7/h1-4H. The normalized spacial score (nSPS) is 13.6. The first-order valence-corrected chi connectivity index (χ1v) is 4.47. The third kappa shape index (κ3) is 0.958. The van der Waals surface area contributed by atoms with Crippen molar-refractivity contribution in [1.82, 2.24) is 15.4 Å². The zero-order valence-electron chi connectivity index (χ0n) is 7.01. The van der Waals surface area contributed by atoms with E-state index in [4.69, 9.17) is 12.2 Å². The fraction of sp³-hybridized carbons (Fsp3) is 0. The summed E-state index contributed by atoms with van der Waals surface area (Å²) in [5, 5.41) is 14.0. The van der Waals surface area contributed by atoms with E-state index in [0.29, 0.717) is 4.99 Å². The fourth-order valence-electron chi connectivity index (χ4n) is 1.50.